The molecule has 1 aromatic heterocycles. The first-order chi connectivity index (χ1) is 35.7. The highest BCUT2D eigenvalue weighted by atomic mass is 16.2. The van der Waals surface area contributed by atoms with Gasteiger partial charge < -0.3 is 81.1 Å². The molecular weight excluding hydrogens is 975 g/mol. The number of para-hydroxylation sites is 1. The molecule has 3 aromatic rings. The van der Waals surface area contributed by atoms with Crippen LogP contribution in [0, 0.1) is 10.8 Å². The van der Waals surface area contributed by atoms with Crippen molar-refractivity contribution in [1.29, 1.82) is 10.8 Å². The van der Waals surface area contributed by atoms with E-state index >= 15 is 0 Å². The van der Waals surface area contributed by atoms with E-state index in [0.29, 0.717) is 11.1 Å². The maximum absolute atomic E-state index is 14.5. The van der Waals surface area contributed by atoms with E-state index < -0.39 is 121 Å². The van der Waals surface area contributed by atoms with Crippen LogP contribution in [0.15, 0.2) is 60.8 Å². The summed E-state index contributed by atoms with van der Waals surface area (Å²) in [6.07, 6.45) is 0.0309. The number of carbonyl (C=O) groups excluding carboxylic acids is 10. The van der Waals surface area contributed by atoms with Crippen LogP contribution in [0.1, 0.15) is 75.8 Å². The summed E-state index contributed by atoms with van der Waals surface area (Å²) in [7, 11) is 0. The van der Waals surface area contributed by atoms with Gasteiger partial charge in [0.2, 0.25) is 59.1 Å². The third-order valence-corrected chi connectivity index (χ3v) is 11.9. The number of primary amides is 2. The van der Waals surface area contributed by atoms with E-state index in [9.17, 15) is 47.9 Å². The zero-order valence-corrected chi connectivity index (χ0v) is 41.6. The zero-order valence-electron chi connectivity index (χ0n) is 41.6. The number of amides is 10. The van der Waals surface area contributed by atoms with Crippen molar-refractivity contribution in [3.8, 4) is 0 Å². The van der Waals surface area contributed by atoms with E-state index in [1.807, 2.05) is 18.2 Å². The van der Waals surface area contributed by atoms with Gasteiger partial charge in [-0.05, 0) is 62.1 Å². The molecule has 2 heterocycles. The van der Waals surface area contributed by atoms with Crippen molar-refractivity contribution in [3.63, 3.8) is 0 Å². The maximum Gasteiger partial charge on any atom is 0.243 e. The molecule has 4 rings (SSSR count). The molecule has 10 amide bonds. The number of fused-ring (bicyclic) bond motifs is 1. The number of carbonyl (C=O) groups is 10. The highest BCUT2D eigenvalue weighted by molar-refractivity contribution is 5.99. The number of guanidine groups is 2. The number of nitrogens with one attached hydrogen (secondary N) is 13. The van der Waals surface area contributed by atoms with Gasteiger partial charge in [0.25, 0.3) is 0 Å². The Morgan fingerprint density at radius 1 is 0.693 bits per heavy atom. The van der Waals surface area contributed by atoms with E-state index in [-0.39, 0.29) is 82.9 Å². The van der Waals surface area contributed by atoms with Crippen LogP contribution in [0.25, 0.3) is 10.9 Å². The number of rotatable bonds is 18. The summed E-state index contributed by atoms with van der Waals surface area (Å²) in [4.78, 5) is 139. The Labute approximate surface area is 432 Å². The Bertz CT molecular complexity index is 2540. The standard InChI is InChI=1S/C48H69N17O10/c1-26(66)59-32(15-8-20-56-47(51)52)41(70)62-34-17-18-39(68)55-19-7-14-31(40(50)69)60-45(74)36(23-28-25-58-30-13-6-5-12-29(28)30)64-42(71)33(16-9-21-57-48(53)54)61-44(73)35(22-27-10-3-2-4-11-27)63-46(75)37(24-38(49)67)65-43(34)72/h2-6,10-13,25,31-37,58H,7-9,14-24H2,1H3,(H2,49,67)(H2,50,69)(H,55,68)(H,59,66)(H,60,74)(H,61,73)(H,62,70)(H,63,75)(H,64,71)(H,65,72)(H4,51,52,56)(H4,53,54,57)/t31-,32?,33-,34-,35+,36-,37-/m0/s1. The van der Waals surface area contributed by atoms with Crippen LogP contribution in [0.3, 0.4) is 0 Å². The van der Waals surface area contributed by atoms with E-state index in [1.54, 1.807) is 42.6 Å². The second kappa shape index (κ2) is 29.7. The van der Waals surface area contributed by atoms with E-state index in [4.69, 9.17) is 33.8 Å². The zero-order chi connectivity index (χ0) is 55.0. The summed E-state index contributed by atoms with van der Waals surface area (Å²) < 4.78 is 0. The molecule has 0 aliphatic carbocycles. The third kappa shape index (κ3) is 20.3. The van der Waals surface area contributed by atoms with E-state index in [2.05, 4.69) is 58.2 Å². The SMILES string of the molecule is CC(=O)NC(CCCNC(=N)N)C(=O)N[C@H]1CCC(=O)NCCC[C@@H](C(N)=O)NC(=O)[C@H](Cc2c[nH]c3ccccc23)NC(=O)[C@H](CCCNC(=N)N)NC(=O)[C@@H](Cc2ccccc2)NC(=O)[C@H](CC(N)=O)NC1=O. The second-order valence-electron chi connectivity index (χ2n) is 17.9. The van der Waals surface area contributed by atoms with E-state index in [0.717, 1.165) is 10.9 Å². The van der Waals surface area contributed by atoms with Crippen molar-refractivity contribution < 1.29 is 47.9 Å². The van der Waals surface area contributed by atoms with Gasteiger partial charge in [-0.15, -0.1) is 0 Å². The van der Waals surface area contributed by atoms with E-state index in [1.165, 1.54) is 6.92 Å². The van der Waals surface area contributed by atoms with Crippen LogP contribution in [-0.4, -0.2) is 138 Å². The summed E-state index contributed by atoms with van der Waals surface area (Å²) in [5.41, 5.74) is 24.1. The molecule has 0 spiro atoms. The van der Waals surface area contributed by atoms with Gasteiger partial charge in [-0.1, -0.05) is 48.5 Å². The molecule has 27 heteroatoms. The largest absolute Gasteiger partial charge is 0.370 e. The smallest absolute Gasteiger partial charge is 0.243 e. The molecule has 7 atom stereocenters. The molecule has 1 unspecified atom stereocenters. The minimum atomic E-state index is -1.78. The van der Waals surface area contributed by atoms with Crippen molar-refractivity contribution in [3.05, 3.63) is 71.9 Å². The molecular formula is C48H69N17O10. The minimum Gasteiger partial charge on any atom is -0.370 e. The lowest BCUT2D eigenvalue weighted by atomic mass is 10.0. The van der Waals surface area contributed by atoms with Crippen molar-refractivity contribution in [2.24, 2.45) is 22.9 Å². The third-order valence-electron chi connectivity index (χ3n) is 11.9. The Morgan fingerprint density at radius 3 is 1.93 bits per heavy atom. The fourth-order valence-corrected chi connectivity index (χ4v) is 8.13. The number of aromatic amines is 1. The van der Waals surface area contributed by atoms with Gasteiger partial charge in [0.1, 0.15) is 42.3 Å². The topological polar surface area (TPSA) is 459 Å². The summed E-state index contributed by atoms with van der Waals surface area (Å²) in [5.74, 6) is -9.45. The van der Waals surface area contributed by atoms with Crippen LogP contribution >= 0.6 is 0 Å². The molecule has 1 aliphatic heterocycles. The van der Waals surface area contributed by atoms with Gasteiger partial charge in [-0.2, -0.15) is 0 Å². The highest BCUT2D eigenvalue weighted by Crippen LogP contribution is 2.20. The molecule has 1 aliphatic rings. The molecule has 1 fully saturated rings. The number of nitrogens with two attached hydrogens (primary N) is 4. The molecule has 0 bridgehead atoms. The fourth-order valence-electron chi connectivity index (χ4n) is 8.13. The van der Waals surface area contributed by atoms with Crippen LogP contribution in [-0.2, 0) is 60.8 Å². The molecule has 2 aromatic carbocycles. The lowest BCUT2D eigenvalue weighted by Crippen LogP contribution is -2.61. The normalized spacial score (nSPS) is 21.0. The Morgan fingerprint density at radius 2 is 1.28 bits per heavy atom. The van der Waals surface area contributed by atoms with Gasteiger partial charge in [-0.3, -0.25) is 58.8 Å². The minimum absolute atomic E-state index is 0.00735. The first-order valence-electron chi connectivity index (χ1n) is 24.4. The average Bonchev–Trinajstić information content (AvgIpc) is 3.76. The first-order valence-corrected chi connectivity index (χ1v) is 24.4. The average molecular weight is 1040 g/mol. The van der Waals surface area contributed by atoms with Gasteiger partial charge in [-0.25, -0.2) is 0 Å². The maximum atomic E-state index is 14.5. The van der Waals surface area contributed by atoms with Gasteiger partial charge in [0.15, 0.2) is 11.9 Å². The quantitative estimate of drug-likeness (QED) is 0.0328. The summed E-state index contributed by atoms with van der Waals surface area (Å²) >= 11 is 0. The van der Waals surface area contributed by atoms with Crippen LogP contribution in [0.4, 0.5) is 0 Å². The monoisotopic (exact) mass is 1040 g/mol. The predicted octanol–water partition coefficient (Wildman–Crippen LogP) is -4.06. The summed E-state index contributed by atoms with van der Waals surface area (Å²) in [6, 6.07) is 5.41. The van der Waals surface area contributed by atoms with Crippen molar-refractivity contribution >= 4 is 81.9 Å². The number of hydrogen-bond acceptors (Lipinski definition) is 12. The number of aromatic nitrogens is 1. The fraction of sp³-hybridized carbons (Fsp3) is 0.458. The van der Waals surface area contributed by atoms with Crippen LogP contribution in [0.2, 0.25) is 0 Å². The lowest BCUT2D eigenvalue weighted by molar-refractivity contribution is -0.136. The van der Waals surface area contributed by atoms with Gasteiger partial charge in [0.05, 0.1) is 6.42 Å². The molecule has 21 N–H and O–H groups in total. The van der Waals surface area contributed by atoms with Crippen LogP contribution in [0.5, 0.6) is 0 Å². The molecule has 406 valence electrons. The number of H-pyrrole nitrogens is 1. The van der Waals surface area contributed by atoms with Crippen molar-refractivity contribution in [2.75, 3.05) is 19.6 Å². The second-order valence-corrected chi connectivity index (χ2v) is 17.9. The Balaban J connectivity index is 1.77. The predicted molar refractivity (Wildman–Crippen MR) is 274 cm³/mol. The highest BCUT2D eigenvalue weighted by Gasteiger charge is 2.35. The van der Waals surface area contributed by atoms with Gasteiger partial charge in [0, 0.05) is 62.9 Å². The molecule has 0 radical (unpaired) electrons. The Hall–Kier alpha value is -8.78. The lowest BCUT2D eigenvalue weighted by Gasteiger charge is -2.28. The number of benzene rings is 2. The summed E-state index contributed by atoms with van der Waals surface area (Å²) in [6.45, 7) is 1.35. The Kier molecular flexibility index (Phi) is 23.3. The molecule has 75 heavy (non-hydrogen) atoms. The summed E-state index contributed by atoms with van der Waals surface area (Å²) in [5, 5.41) is 41.6. The molecule has 0 saturated carbocycles. The van der Waals surface area contributed by atoms with Gasteiger partial charge >= 0.3 is 0 Å². The molecule has 27 nitrogen and oxygen atoms in total. The van der Waals surface area contributed by atoms with Crippen molar-refractivity contribution in [1.82, 2.24) is 58.2 Å². The first kappa shape index (κ1) is 58.8. The van der Waals surface area contributed by atoms with Crippen LogP contribution < -0.4 is 76.1 Å². The number of hydrogen-bond donors (Lipinski definition) is 17. The molecule has 1 saturated heterocycles. The van der Waals surface area contributed by atoms with Crippen molar-refractivity contribution in [2.45, 2.75) is 120 Å².